The minimum Gasteiger partial charge on any atom is -0.481 e. The van der Waals surface area contributed by atoms with Crippen molar-refractivity contribution in [3.8, 4) is 0 Å². The zero-order valence-electron chi connectivity index (χ0n) is 9.63. The minimum atomic E-state index is -0.928. The van der Waals surface area contributed by atoms with Crippen molar-refractivity contribution >= 4 is 39.1 Å². The van der Waals surface area contributed by atoms with Crippen molar-refractivity contribution in [2.24, 2.45) is 5.92 Å². The topological polar surface area (TPSA) is 66.8 Å². The number of carboxylic acid groups (broad SMARTS) is 1. The largest absolute Gasteiger partial charge is 0.481 e. The lowest BCUT2D eigenvalue weighted by Crippen LogP contribution is -2.44. The van der Waals surface area contributed by atoms with Crippen LogP contribution in [0.2, 0.25) is 0 Å². The molecule has 0 saturated carbocycles. The summed E-state index contributed by atoms with van der Waals surface area (Å²) in [5.74, 6) is -1.77. The van der Waals surface area contributed by atoms with Gasteiger partial charge in [0.2, 0.25) is 0 Å². The van der Waals surface area contributed by atoms with Gasteiger partial charge in [-0.3, -0.25) is 9.59 Å². The van der Waals surface area contributed by atoms with Gasteiger partial charge in [-0.15, -0.1) is 11.3 Å². The number of hydrogen-bond acceptors (Lipinski definition) is 4. The van der Waals surface area contributed by atoms with Crippen LogP contribution >= 0.6 is 27.3 Å². The van der Waals surface area contributed by atoms with Crippen LogP contribution in [0.5, 0.6) is 0 Å². The second-order valence-electron chi connectivity index (χ2n) is 4.06. The second kappa shape index (κ2) is 5.38. The zero-order chi connectivity index (χ0) is 13.3. The Kier molecular flexibility index (Phi) is 4.04. The van der Waals surface area contributed by atoms with Gasteiger partial charge in [-0.1, -0.05) is 0 Å². The molecule has 1 saturated heterocycles. The fourth-order valence-electron chi connectivity index (χ4n) is 1.92. The molecular weight excluding hydrogens is 322 g/mol. The van der Waals surface area contributed by atoms with Gasteiger partial charge in [0, 0.05) is 11.5 Å². The van der Waals surface area contributed by atoms with Gasteiger partial charge in [0.05, 0.1) is 19.3 Å². The van der Waals surface area contributed by atoms with Crippen molar-refractivity contribution in [2.45, 2.75) is 6.04 Å². The fraction of sp³-hybridized carbons (Fsp3) is 0.455. The third kappa shape index (κ3) is 2.43. The van der Waals surface area contributed by atoms with E-state index in [-0.39, 0.29) is 19.1 Å². The minimum absolute atomic E-state index is 0.156. The van der Waals surface area contributed by atoms with Crippen LogP contribution < -0.4 is 0 Å². The summed E-state index contributed by atoms with van der Waals surface area (Å²) >= 11 is 4.63. The summed E-state index contributed by atoms with van der Waals surface area (Å²) < 4.78 is 5.90. The smallest absolute Gasteiger partial charge is 0.311 e. The molecular formula is C11H12BrNO4S. The zero-order valence-corrected chi connectivity index (χ0v) is 12.0. The molecule has 2 unspecified atom stereocenters. The summed E-state index contributed by atoms with van der Waals surface area (Å²) in [5.41, 5.74) is 0. The third-order valence-electron chi connectivity index (χ3n) is 3.00. The van der Waals surface area contributed by atoms with E-state index in [9.17, 15) is 9.59 Å². The number of halogens is 1. The van der Waals surface area contributed by atoms with Crippen LogP contribution in [0.4, 0.5) is 0 Å². The molecule has 2 atom stereocenters. The van der Waals surface area contributed by atoms with Gasteiger partial charge in [0.25, 0.3) is 5.91 Å². The lowest BCUT2D eigenvalue weighted by molar-refractivity contribution is -0.142. The average molecular weight is 334 g/mol. The molecule has 1 N–H and O–H groups in total. The summed E-state index contributed by atoms with van der Waals surface area (Å²) in [6, 6.07) is 1.38. The Labute approximate surface area is 116 Å². The molecule has 0 aromatic carbocycles. The van der Waals surface area contributed by atoms with Gasteiger partial charge in [0.1, 0.15) is 10.8 Å². The van der Waals surface area contributed by atoms with Crippen LogP contribution in [0.25, 0.3) is 0 Å². The van der Waals surface area contributed by atoms with E-state index in [1.807, 2.05) is 5.38 Å². The Hall–Kier alpha value is -0.920. The number of likely N-dealkylation sites (N-methyl/N-ethyl adjacent to an activating group) is 1. The van der Waals surface area contributed by atoms with Gasteiger partial charge >= 0.3 is 5.97 Å². The lowest BCUT2D eigenvalue weighted by atomic mass is 10.0. The molecule has 0 radical (unpaired) electrons. The molecule has 0 spiro atoms. The molecule has 1 amide bonds. The van der Waals surface area contributed by atoms with E-state index in [0.717, 1.165) is 4.47 Å². The first-order valence-electron chi connectivity index (χ1n) is 5.33. The molecule has 0 aliphatic carbocycles. The van der Waals surface area contributed by atoms with Crippen LogP contribution in [-0.4, -0.2) is 48.2 Å². The van der Waals surface area contributed by atoms with Crippen LogP contribution in [0, 0.1) is 5.92 Å². The summed E-state index contributed by atoms with van der Waals surface area (Å²) in [6.45, 7) is 0.422. The maximum Gasteiger partial charge on any atom is 0.311 e. The van der Waals surface area contributed by atoms with E-state index in [1.54, 1.807) is 13.1 Å². The highest BCUT2D eigenvalue weighted by Crippen LogP contribution is 2.27. The first kappa shape index (κ1) is 13.5. The maximum absolute atomic E-state index is 12.2. The van der Waals surface area contributed by atoms with E-state index in [0.29, 0.717) is 4.88 Å². The number of carboxylic acids is 1. The van der Waals surface area contributed by atoms with E-state index >= 15 is 0 Å². The second-order valence-corrected chi connectivity index (χ2v) is 5.83. The van der Waals surface area contributed by atoms with Crippen LogP contribution in [-0.2, 0) is 9.53 Å². The summed E-state index contributed by atoms with van der Waals surface area (Å²) in [5, 5.41) is 10.9. The predicted octanol–water partition coefficient (Wildman–Crippen LogP) is 1.68. The van der Waals surface area contributed by atoms with Crippen LogP contribution in [0.1, 0.15) is 9.67 Å². The van der Waals surface area contributed by atoms with E-state index in [4.69, 9.17) is 9.84 Å². The van der Waals surface area contributed by atoms with Crippen molar-refractivity contribution in [2.75, 3.05) is 20.3 Å². The van der Waals surface area contributed by atoms with Gasteiger partial charge in [-0.2, -0.15) is 0 Å². The monoisotopic (exact) mass is 333 g/mol. The molecule has 2 rings (SSSR count). The fourth-order valence-corrected chi connectivity index (χ4v) is 3.44. The number of amides is 1. The number of ether oxygens (including phenoxy) is 1. The number of rotatable bonds is 3. The lowest BCUT2D eigenvalue weighted by Gasteiger charge is -2.26. The summed E-state index contributed by atoms with van der Waals surface area (Å²) in [4.78, 5) is 25.3. The summed E-state index contributed by atoms with van der Waals surface area (Å²) in [7, 11) is 1.61. The Morgan fingerprint density at radius 3 is 2.83 bits per heavy atom. The molecule has 98 valence electrons. The van der Waals surface area contributed by atoms with Crippen LogP contribution in [0.15, 0.2) is 15.9 Å². The molecule has 1 fully saturated rings. The highest BCUT2D eigenvalue weighted by Gasteiger charge is 2.39. The Morgan fingerprint density at radius 2 is 2.28 bits per heavy atom. The number of nitrogens with zero attached hydrogens (tertiary/aromatic N) is 1. The normalized spacial score (nSPS) is 23.0. The van der Waals surface area contributed by atoms with Crippen LogP contribution in [0.3, 0.4) is 0 Å². The first-order valence-corrected chi connectivity index (χ1v) is 7.00. The summed E-state index contributed by atoms with van der Waals surface area (Å²) in [6.07, 6.45) is 0. The number of carbonyl (C=O) groups is 2. The Balaban J connectivity index is 2.16. The van der Waals surface area contributed by atoms with Gasteiger partial charge in [-0.25, -0.2) is 0 Å². The first-order chi connectivity index (χ1) is 8.52. The van der Waals surface area contributed by atoms with Crippen molar-refractivity contribution < 1.29 is 19.4 Å². The molecule has 1 aromatic heterocycles. The molecule has 2 heterocycles. The average Bonchev–Trinajstić information content (AvgIpc) is 2.95. The number of aliphatic carboxylic acids is 1. The molecule has 1 aliphatic rings. The van der Waals surface area contributed by atoms with E-state index in [2.05, 4.69) is 15.9 Å². The van der Waals surface area contributed by atoms with Crippen molar-refractivity contribution in [1.82, 2.24) is 4.90 Å². The molecule has 1 aliphatic heterocycles. The standard InChI is InChI=1S/C11H12BrNO4S/c1-13(8-5-17-4-6(8)11(15)16)10(14)9-7(12)2-3-18-9/h2-3,6,8H,4-5H2,1H3,(H,15,16). The number of thiophene rings is 1. The highest BCUT2D eigenvalue weighted by atomic mass is 79.9. The SMILES string of the molecule is CN(C(=O)c1sccc1Br)C1COCC1C(=O)O. The highest BCUT2D eigenvalue weighted by molar-refractivity contribution is 9.10. The number of hydrogen-bond donors (Lipinski definition) is 1. The predicted molar refractivity (Wildman–Crippen MR) is 69.8 cm³/mol. The third-order valence-corrected chi connectivity index (χ3v) is 4.82. The van der Waals surface area contributed by atoms with E-state index < -0.39 is 17.9 Å². The molecule has 0 bridgehead atoms. The molecule has 5 nitrogen and oxygen atoms in total. The van der Waals surface area contributed by atoms with E-state index in [1.165, 1.54) is 16.2 Å². The molecule has 1 aromatic rings. The Morgan fingerprint density at radius 1 is 1.56 bits per heavy atom. The molecule has 18 heavy (non-hydrogen) atoms. The molecule has 7 heteroatoms. The van der Waals surface area contributed by atoms with Crippen molar-refractivity contribution in [3.63, 3.8) is 0 Å². The maximum atomic E-state index is 12.2. The van der Waals surface area contributed by atoms with Gasteiger partial charge in [-0.05, 0) is 27.4 Å². The van der Waals surface area contributed by atoms with Crippen molar-refractivity contribution in [3.05, 3.63) is 20.8 Å². The quantitative estimate of drug-likeness (QED) is 0.913. The number of carbonyl (C=O) groups excluding carboxylic acids is 1. The van der Waals surface area contributed by atoms with Gasteiger partial charge < -0.3 is 14.7 Å². The Bertz CT molecular complexity index is 475. The van der Waals surface area contributed by atoms with Gasteiger partial charge in [0.15, 0.2) is 0 Å². The van der Waals surface area contributed by atoms with Crippen molar-refractivity contribution in [1.29, 1.82) is 0 Å².